The summed E-state index contributed by atoms with van der Waals surface area (Å²) in [6.45, 7) is 2.17. The van der Waals surface area contributed by atoms with Crippen LogP contribution in [0.25, 0.3) is 11.3 Å². The Kier molecular flexibility index (Phi) is 6.95. The van der Waals surface area contributed by atoms with Gasteiger partial charge in [0.2, 0.25) is 0 Å². The van der Waals surface area contributed by atoms with Crippen LogP contribution in [-0.2, 0) is 0 Å². The molecule has 1 saturated heterocycles. The predicted molar refractivity (Wildman–Crippen MR) is 126 cm³/mol. The Morgan fingerprint density at radius 2 is 1.65 bits per heavy atom. The van der Waals surface area contributed by atoms with Crippen molar-refractivity contribution in [2.24, 2.45) is 0 Å². The van der Waals surface area contributed by atoms with Crippen LogP contribution in [0.3, 0.4) is 0 Å². The number of carbonyl (C=O) groups excluding carboxylic acids is 1. The number of amides is 2. The van der Waals surface area contributed by atoms with E-state index in [1.165, 1.54) is 25.6 Å². The van der Waals surface area contributed by atoms with Crippen molar-refractivity contribution in [3.8, 4) is 28.5 Å². The molecule has 0 radical (unpaired) electrons. The van der Waals surface area contributed by atoms with Gasteiger partial charge >= 0.3 is 6.03 Å². The maximum Gasteiger partial charge on any atom is 0.322 e. The Balaban J connectivity index is 1.43. The minimum atomic E-state index is -0.372. The van der Waals surface area contributed by atoms with E-state index in [9.17, 15) is 9.18 Å². The number of halogens is 1. The zero-order valence-corrected chi connectivity index (χ0v) is 19.2. The lowest BCUT2D eigenvalue weighted by Gasteiger charge is -2.35. The van der Waals surface area contributed by atoms with E-state index in [1.807, 2.05) is 0 Å². The van der Waals surface area contributed by atoms with E-state index in [0.717, 1.165) is 0 Å². The summed E-state index contributed by atoms with van der Waals surface area (Å²) in [7, 11) is 4.64. The van der Waals surface area contributed by atoms with Crippen molar-refractivity contribution in [1.29, 1.82) is 0 Å². The Bertz CT molecular complexity index is 1170. The number of benzene rings is 2. The van der Waals surface area contributed by atoms with Gasteiger partial charge in [-0.15, -0.1) is 0 Å². The second kappa shape index (κ2) is 10.2. The van der Waals surface area contributed by atoms with Crippen molar-refractivity contribution >= 4 is 17.5 Å². The van der Waals surface area contributed by atoms with E-state index in [1.54, 1.807) is 49.5 Å². The smallest absolute Gasteiger partial charge is 0.322 e. The van der Waals surface area contributed by atoms with Gasteiger partial charge in [0.15, 0.2) is 0 Å². The zero-order valence-electron chi connectivity index (χ0n) is 19.2. The first-order valence-corrected chi connectivity index (χ1v) is 10.7. The molecule has 0 saturated carbocycles. The fourth-order valence-electron chi connectivity index (χ4n) is 3.79. The Morgan fingerprint density at radius 3 is 2.35 bits per heavy atom. The number of hydrogen-bond donors (Lipinski definition) is 1. The molecule has 10 heteroatoms. The second-order valence-electron chi connectivity index (χ2n) is 7.58. The van der Waals surface area contributed by atoms with Gasteiger partial charge in [-0.25, -0.2) is 19.2 Å². The van der Waals surface area contributed by atoms with Crippen LogP contribution in [0.15, 0.2) is 48.8 Å². The van der Waals surface area contributed by atoms with Crippen molar-refractivity contribution in [2.45, 2.75) is 0 Å². The molecule has 2 aromatic carbocycles. The zero-order chi connectivity index (χ0) is 24.1. The maximum atomic E-state index is 13.8. The summed E-state index contributed by atoms with van der Waals surface area (Å²) in [5, 5.41) is 2.90. The summed E-state index contributed by atoms with van der Waals surface area (Å²) in [4.78, 5) is 25.3. The molecule has 0 spiro atoms. The molecule has 178 valence electrons. The first kappa shape index (κ1) is 23.1. The highest BCUT2D eigenvalue weighted by Crippen LogP contribution is 2.31. The molecule has 0 bridgehead atoms. The van der Waals surface area contributed by atoms with E-state index in [0.29, 0.717) is 66.2 Å². The number of rotatable bonds is 6. The second-order valence-corrected chi connectivity index (χ2v) is 7.58. The topological polar surface area (TPSA) is 89.1 Å². The molecule has 2 heterocycles. The number of urea groups is 1. The highest BCUT2D eigenvalue weighted by molar-refractivity contribution is 5.91. The van der Waals surface area contributed by atoms with Gasteiger partial charge in [-0.2, -0.15) is 0 Å². The van der Waals surface area contributed by atoms with Gasteiger partial charge < -0.3 is 29.3 Å². The van der Waals surface area contributed by atoms with Crippen molar-refractivity contribution in [1.82, 2.24) is 14.9 Å². The van der Waals surface area contributed by atoms with E-state index >= 15 is 0 Å². The summed E-state index contributed by atoms with van der Waals surface area (Å²) in [6, 6.07) is 11.1. The molecule has 34 heavy (non-hydrogen) atoms. The summed E-state index contributed by atoms with van der Waals surface area (Å²) in [5.41, 5.74) is 1.65. The van der Waals surface area contributed by atoms with Gasteiger partial charge in [-0.3, -0.25) is 0 Å². The van der Waals surface area contributed by atoms with E-state index < -0.39 is 0 Å². The molecule has 1 aromatic heterocycles. The highest BCUT2D eigenvalue weighted by Gasteiger charge is 2.23. The predicted octanol–water partition coefficient (Wildman–Crippen LogP) is 3.66. The normalized spacial score (nSPS) is 13.4. The summed E-state index contributed by atoms with van der Waals surface area (Å²) < 4.78 is 29.7. The Hall–Kier alpha value is -4.08. The fourth-order valence-corrected chi connectivity index (χ4v) is 3.79. The van der Waals surface area contributed by atoms with E-state index in [4.69, 9.17) is 14.2 Å². The SMILES string of the molecule is COc1ccc(OC)c(NC(=O)N2CCN(c3cc(-c4cc(F)ccc4OC)ncn3)CC2)c1. The average Bonchev–Trinajstić information content (AvgIpc) is 2.88. The van der Waals surface area contributed by atoms with Crippen molar-refractivity contribution in [3.05, 3.63) is 54.6 Å². The van der Waals surface area contributed by atoms with Gasteiger partial charge in [-0.1, -0.05) is 0 Å². The highest BCUT2D eigenvalue weighted by atomic mass is 19.1. The largest absolute Gasteiger partial charge is 0.497 e. The summed E-state index contributed by atoms with van der Waals surface area (Å²) >= 11 is 0. The standard InChI is InChI=1S/C24H26FN5O4/c1-32-17-5-7-22(34-3)20(13-17)28-24(31)30-10-8-29(9-11-30)23-14-19(26-15-27-23)18-12-16(25)4-6-21(18)33-2/h4-7,12-15H,8-11H2,1-3H3,(H,28,31). The lowest BCUT2D eigenvalue weighted by molar-refractivity contribution is 0.208. The van der Waals surface area contributed by atoms with Gasteiger partial charge in [0.1, 0.15) is 35.2 Å². The number of ether oxygens (including phenoxy) is 3. The number of methoxy groups -OCH3 is 3. The molecule has 1 aliphatic heterocycles. The third-order valence-electron chi connectivity index (χ3n) is 5.63. The van der Waals surface area contributed by atoms with Crippen LogP contribution in [0.5, 0.6) is 17.2 Å². The van der Waals surface area contributed by atoms with Crippen molar-refractivity contribution < 1.29 is 23.4 Å². The lowest BCUT2D eigenvalue weighted by Crippen LogP contribution is -2.50. The molecule has 1 N–H and O–H groups in total. The van der Waals surface area contributed by atoms with E-state index in [2.05, 4.69) is 20.2 Å². The van der Waals surface area contributed by atoms with Crippen LogP contribution >= 0.6 is 0 Å². The third kappa shape index (κ3) is 4.95. The van der Waals surface area contributed by atoms with Crippen LogP contribution < -0.4 is 24.4 Å². The minimum absolute atomic E-state index is 0.223. The molecular weight excluding hydrogens is 441 g/mol. The molecule has 0 unspecified atom stereocenters. The molecule has 0 aliphatic carbocycles. The van der Waals surface area contributed by atoms with Crippen LogP contribution in [0.2, 0.25) is 0 Å². The molecule has 1 fully saturated rings. The summed E-state index contributed by atoms with van der Waals surface area (Å²) in [5.74, 6) is 2.03. The first-order valence-electron chi connectivity index (χ1n) is 10.7. The molecular formula is C24H26FN5O4. The molecule has 9 nitrogen and oxygen atoms in total. The van der Waals surface area contributed by atoms with Gasteiger partial charge in [0, 0.05) is 43.9 Å². The number of nitrogens with one attached hydrogen (secondary N) is 1. The van der Waals surface area contributed by atoms with Crippen LogP contribution in [-0.4, -0.2) is 68.4 Å². The number of anilines is 2. The number of nitrogens with zero attached hydrogens (tertiary/aromatic N) is 4. The fraction of sp³-hybridized carbons (Fsp3) is 0.292. The monoisotopic (exact) mass is 467 g/mol. The number of hydrogen-bond acceptors (Lipinski definition) is 7. The lowest BCUT2D eigenvalue weighted by atomic mass is 10.1. The molecule has 2 amide bonds. The van der Waals surface area contributed by atoms with E-state index in [-0.39, 0.29) is 11.8 Å². The first-order chi connectivity index (χ1) is 16.5. The number of carbonyl (C=O) groups is 1. The third-order valence-corrected chi connectivity index (χ3v) is 5.63. The molecule has 0 atom stereocenters. The van der Waals surface area contributed by atoms with Crippen LogP contribution in [0.4, 0.5) is 20.7 Å². The van der Waals surface area contributed by atoms with Gasteiger partial charge in [0.25, 0.3) is 0 Å². The quantitative estimate of drug-likeness (QED) is 0.592. The molecule has 3 aromatic rings. The number of piperazine rings is 1. The summed E-state index contributed by atoms with van der Waals surface area (Å²) in [6.07, 6.45) is 1.45. The maximum absolute atomic E-state index is 13.8. The van der Waals surface area contributed by atoms with Crippen molar-refractivity contribution in [3.63, 3.8) is 0 Å². The Morgan fingerprint density at radius 1 is 0.912 bits per heavy atom. The van der Waals surface area contributed by atoms with Crippen molar-refractivity contribution in [2.75, 3.05) is 57.7 Å². The van der Waals surface area contributed by atoms with Crippen LogP contribution in [0, 0.1) is 5.82 Å². The molecule has 1 aliphatic rings. The van der Waals surface area contributed by atoms with Gasteiger partial charge in [0.05, 0.1) is 32.7 Å². The minimum Gasteiger partial charge on any atom is -0.497 e. The number of aromatic nitrogens is 2. The van der Waals surface area contributed by atoms with Crippen LogP contribution in [0.1, 0.15) is 0 Å². The average molecular weight is 468 g/mol. The molecule has 4 rings (SSSR count). The Labute approximate surface area is 197 Å². The van der Waals surface area contributed by atoms with Gasteiger partial charge in [-0.05, 0) is 30.3 Å².